The molecule has 2 N–H and O–H groups in total. The van der Waals surface area contributed by atoms with Crippen LogP contribution in [0.2, 0.25) is 0 Å². The Morgan fingerprint density at radius 2 is 0.810 bits per heavy atom. The van der Waals surface area contributed by atoms with Crippen molar-refractivity contribution >= 4 is 46.4 Å². The van der Waals surface area contributed by atoms with E-state index < -0.39 is 0 Å². The third kappa shape index (κ3) is 5.99. The van der Waals surface area contributed by atoms with Gasteiger partial charge in [-0.15, -0.1) is 0 Å². The number of nitrogens with zero attached hydrogens (tertiary/aromatic N) is 4. The van der Waals surface area contributed by atoms with E-state index in [1.54, 1.807) is 12.1 Å². The molecule has 0 amide bonds. The summed E-state index contributed by atoms with van der Waals surface area (Å²) in [7, 11) is 0. The molecule has 6 heteroatoms. The van der Waals surface area contributed by atoms with E-state index in [1.807, 2.05) is 66.7 Å². The van der Waals surface area contributed by atoms with Crippen molar-refractivity contribution in [2.45, 2.75) is 0 Å². The molecule has 5 aromatic carbocycles. The molecule has 0 radical (unpaired) electrons. The number of aromatic nitrogens is 4. The number of benzene rings is 5. The van der Waals surface area contributed by atoms with Gasteiger partial charge in [-0.25, -0.2) is 9.97 Å². The molecule has 0 atom stereocenters. The van der Waals surface area contributed by atoms with E-state index in [1.165, 1.54) is 0 Å². The average molecular weight is 741 g/mol. The van der Waals surface area contributed by atoms with Crippen molar-refractivity contribution in [3.05, 3.63) is 192 Å². The first-order valence-corrected chi connectivity index (χ1v) is 19.0. The lowest BCUT2D eigenvalue weighted by Crippen LogP contribution is -1.91. The summed E-state index contributed by atoms with van der Waals surface area (Å²) in [5.74, 6) is 0. The fourth-order valence-corrected chi connectivity index (χ4v) is 8.05. The number of hydrogen-bond donors (Lipinski definition) is 2. The van der Waals surface area contributed by atoms with Crippen molar-refractivity contribution in [3.8, 4) is 67.8 Å². The summed E-state index contributed by atoms with van der Waals surface area (Å²) in [6.45, 7) is 0. The zero-order valence-corrected chi connectivity index (χ0v) is 31.1. The Balaban J connectivity index is 1.45. The molecule has 0 saturated heterocycles. The molecule has 3 aromatic heterocycles. The first kappa shape index (κ1) is 34.2. The normalized spacial score (nSPS) is 11.6. The van der Waals surface area contributed by atoms with Gasteiger partial charge in [0.15, 0.2) is 0 Å². The van der Waals surface area contributed by atoms with Crippen molar-refractivity contribution in [2.24, 2.45) is 0 Å². The van der Waals surface area contributed by atoms with Crippen molar-refractivity contribution in [2.75, 3.05) is 0 Å². The van der Waals surface area contributed by atoms with E-state index in [4.69, 9.17) is 9.97 Å². The lowest BCUT2D eigenvalue weighted by atomic mass is 9.96. The lowest BCUT2D eigenvalue weighted by molar-refractivity contribution is 1.28. The van der Waals surface area contributed by atoms with Crippen LogP contribution < -0.4 is 0 Å². The Kier molecular flexibility index (Phi) is 8.49. The minimum Gasteiger partial charge on any atom is -0.354 e. The average Bonchev–Trinajstić information content (AvgIpc) is 4.13. The third-order valence-electron chi connectivity index (χ3n) is 10.7. The number of rotatable bonds is 5. The van der Waals surface area contributed by atoms with Gasteiger partial charge in [-0.2, -0.15) is 10.5 Å². The van der Waals surface area contributed by atoms with Gasteiger partial charge >= 0.3 is 0 Å². The number of H-pyrrole nitrogens is 2. The molecule has 270 valence electrons. The quantitative estimate of drug-likeness (QED) is 0.183. The minimum absolute atomic E-state index is 0.316. The largest absolute Gasteiger partial charge is 0.354 e. The van der Waals surface area contributed by atoms with E-state index >= 15 is 0 Å². The summed E-state index contributed by atoms with van der Waals surface area (Å²) >= 11 is 0. The topological polar surface area (TPSA) is 105 Å². The maximum absolute atomic E-state index is 10.1. The monoisotopic (exact) mass is 740 g/mol. The second-order valence-corrected chi connectivity index (χ2v) is 14.1. The van der Waals surface area contributed by atoms with Crippen LogP contribution in [0.1, 0.15) is 33.9 Å². The van der Waals surface area contributed by atoms with Gasteiger partial charge in [-0.3, -0.25) is 0 Å². The van der Waals surface area contributed by atoms with Crippen molar-refractivity contribution in [1.29, 1.82) is 10.5 Å². The van der Waals surface area contributed by atoms with Crippen molar-refractivity contribution in [1.82, 2.24) is 19.9 Å². The highest BCUT2D eigenvalue weighted by molar-refractivity contribution is 6.05. The fourth-order valence-electron chi connectivity index (χ4n) is 8.05. The predicted octanol–water partition coefficient (Wildman–Crippen LogP) is 12.7. The van der Waals surface area contributed by atoms with E-state index in [9.17, 15) is 10.5 Å². The Hall–Kier alpha value is -8.32. The summed E-state index contributed by atoms with van der Waals surface area (Å²) in [6, 6.07) is 57.6. The molecule has 8 aromatic rings. The second kappa shape index (κ2) is 14.4. The van der Waals surface area contributed by atoms with Gasteiger partial charge in [0, 0.05) is 44.4 Å². The molecule has 6 nitrogen and oxygen atoms in total. The zero-order chi connectivity index (χ0) is 39.0. The number of fused-ring (bicyclic) bond motifs is 8. The predicted molar refractivity (Wildman–Crippen MR) is 235 cm³/mol. The van der Waals surface area contributed by atoms with Gasteiger partial charge in [-0.05, 0) is 82.5 Å². The summed E-state index contributed by atoms with van der Waals surface area (Å²) in [6.07, 6.45) is 8.34. The van der Waals surface area contributed by atoms with Gasteiger partial charge in [-0.1, -0.05) is 127 Å². The van der Waals surface area contributed by atoms with Gasteiger partial charge < -0.3 is 9.97 Å². The molecule has 0 unspecified atom stereocenters. The standard InChI is InChI=1S/C52H32N6/c53-31-38-22-21-37(29-39(38)32-54)40-30-47-50(35-17-9-3-10-18-35)45-26-25-43(56-45)48(33-13-5-1-6-14-33)41-23-24-42(55-41)49(34-15-7-2-8-16-34)44-27-28-46(57-44)51(52(40)58-47)36-19-11-4-12-20-36/h1-30,56,58H. The molecule has 5 heterocycles. The Morgan fingerprint density at radius 3 is 1.34 bits per heavy atom. The summed E-state index contributed by atoms with van der Waals surface area (Å²) in [5, 5.41) is 20.0. The number of nitriles is 2. The van der Waals surface area contributed by atoms with E-state index in [0.29, 0.717) is 11.1 Å². The highest BCUT2D eigenvalue weighted by Crippen LogP contribution is 2.41. The van der Waals surface area contributed by atoms with E-state index in [0.717, 1.165) is 100 Å². The molecule has 10 rings (SSSR count). The number of hydrogen-bond acceptors (Lipinski definition) is 4. The summed E-state index contributed by atoms with van der Waals surface area (Å²) < 4.78 is 0. The summed E-state index contributed by atoms with van der Waals surface area (Å²) in [5.41, 5.74) is 16.9. The van der Waals surface area contributed by atoms with Crippen LogP contribution in [0.15, 0.2) is 158 Å². The molecule has 2 aliphatic rings. The van der Waals surface area contributed by atoms with Gasteiger partial charge in [0.05, 0.1) is 39.4 Å². The van der Waals surface area contributed by atoms with Crippen LogP contribution in [0.25, 0.3) is 102 Å². The highest BCUT2D eigenvalue weighted by Gasteiger charge is 2.21. The van der Waals surface area contributed by atoms with Crippen LogP contribution in [0.4, 0.5) is 0 Å². The first-order chi connectivity index (χ1) is 28.7. The minimum atomic E-state index is 0.316. The Bertz CT molecular complexity index is 3210. The van der Waals surface area contributed by atoms with Gasteiger partial charge in [0.25, 0.3) is 0 Å². The van der Waals surface area contributed by atoms with Crippen molar-refractivity contribution < 1.29 is 0 Å². The van der Waals surface area contributed by atoms with Crippen LogP contribution >= 0.6 is 0 Å². The van der Waals surface area contributed by atoms with Crippen LogP contribution in [-0.4, -0.2) is 19.9 Å². The molecule has 0 spiro atoms. The zero-order valence-electron chi connectivity index (χ0n) is 31.1. The molecule has 58 heavy (non-hydrogen) atoms. The molecule has 0 aliphatic carbocycles. The van der Waals surface area contributed by atoms with Gasteiger partial charge in [0.2, 0.25) is 0 Å². The fraction of sp³-hybridized carbons (Fsp3) is 0. The van der Waals surface area contributed by atoms with Crippen LogP contribution in [-0.2, 0) is 0 Å². The highest BCUT2D eigenvalue weighted by atomic mass is 14.8. The molecule has 2 aliphatic heterocycles. The van der Waals surface area contributed by atoms with E-state index in [2.05, 4.69) is 125 Å². The maximum atomic E-state index is 10.1. The molecule has 0 fully saturated rings. The number of nitrogens with one attached hydrogen (secondary N) is 2. The molecular weight excluding hydrogens is 709 g/mol. The maximum Gasteiger partial charge on any atom is 0.101 e. The first-order valence-electron chi connectivity index (χ1n) is 19.0. The SMILES string of the molecule is N#Cc1ccc(-c2cc3[nH]c2c(-c2ccccc2)c2nc(c(-c4ccccc4)c4nc(c(-c5ccccc5)c5ccc([nH]5)c3-c3ccccc3)C=C4)C=C2)cc1C#N. The van der Waals surface area contributed by atoms with Crippen LogP contribution in [0.5, 0.6) is 0 Å². The summed E-state index contributed by atoms with van der Waals surface area (Å²) in [4.78, 5) is 18.5. The molecule has 0 saturated carbocycles. The van der Waals surface area contributed by atoms with E-state index in [-0.39, 0.29) is 0 Å². The van der Waals surface area contributed by atoms with Crippen LogP contribution in [0.3, 0.4) is 0 Å². The molecule has 8 bridgehead atoms. The second-order valence-electron chi connectivity index (χ2n) is 14.1. The third-order valence-corrected chi connectivity index (χ3v) is 10.7. The Labute approximate surface area is 335 Å². The van der Waals surface area contributed by atoms with Crippen molar-refractivity contribution in [3.63, 3.8) is 0 Å². The number of aromatic amines is 2. The Morgan fingerprint density at radius 1 is 0.362 bits per heavy atom. The smallest absolute Gasteiger partial charge is 0.101 e. The lowest BCUT2D eigenvalue weighted by Gasteiger charge is -2.08. The van der Waals surface area contributed by atoms with Crippen LogP contribution in [0, 0.1) is 22.7 Å². The molecular formula is C52H32N6. The van der Waals surface area contributed by atoms with Gasteiger partial charge in [0.1, 0.15) is 12.1 Å².